The Morgan fingerprint density at radius 3 is 2.16 bits per heavy atom. The molecule has 3 atom stereocenters. The highest BCUT2D eigenvalue weighted by atomic mass is 19.1. The van der Waals surface area contributed by atoms with E-state index in [-0.39, 0.29) is 23.5 Å². The number of fused-ring (bicyclic) bond motifs is 3. The minimum absolute atomic E-state index is 0.188. The fourth-order valence-electron chi connectivity index (χ4n) is 10.5. The molecule has 1 saturated carbocycles. The number of ether oxygens (including phenoxy) is 1. The van der Waals surface area contributed by atoms with Crippen LogP contribution in [0, 0.1) is 17.2 Å². The number of hydrogen-bond acceptors (Lipinski definition) is 11. The van der Waals surface area contributed by atoms with Gasteiger partial charge in [0.05, 0.1) is 17.1 Å². The number of rotatable bonds is 16. The van der Waals surface area contributed by atoms with E-state index in [1.807, 2.05) is 30.3 Å². The lowest BCUT2D eigenvalue weighted by Gasteiger charge is -2.39. The molecule has 1 aromatic heterocycles. The molecular weight excluding hydrogens is 852 g/mol. The molecule has 5 heterocycles. The highest BCUT2D eigenvalue weighted by Crippen LogP contribution is 2.48. The quantitative estimate of drug-likeness (QED) is 0.0376. The zero-order valence-electron chi connectivity index (χ0n) is 37.5. The average molecular weight is 909 g/mol. The minimum Gasteiger partial charge on any atom is -0.506 e. The van der Waals surface area contributed by atoms with Crippen molar-refractivity contribution in [2.45, 2.75) is 75.8 Å². The number of benzene rings is 4. The van der Waals surface area contributed by atoms with Crippen LogP contribution in [0.1, 0.15) is 69.3 Å². The maximum atomic E-state index is 13.3. The van der Waals surface area contributed by atoms with E-state index in [1.54, 1.807) is 42.6 Å². The lowest BCUT2D eigenvalue weighted by Crippen LogP contribution is -2.49. The summed E-state index contributed by atoms with van der Waals surface area (Å²) in [7, 11) is 0. The number of pyridine rings is 1. The zero-order chi connectivity index (χ0) is 46.1. The van der Waals surface area contributed by atoms with E-state index in [0.717, 1.165) is 94.0 Å². The number of carbonyl (C=O) groups is 4. The van der Waals surface area contributed by atoms with E-state index in [4.69, 9.17) is 4.74 Å². The molecular formula is C52H57FN8O6. The number of aromatic hydroxyl groups is 1. The smallest absolute Gasteiger partial charge is 0.240 e. The Morgan fingerprint density at radius 1 is 0.821 bits per heavy atom. The second-order valence-electron chi connectivity index (χ2n) is 19.0. The Bertz CT molecular complexity index is 2630. The van der Waals surface area contributed by atoms with Gasteiger partial charge in [-0.1, -0.05) is 12.1 Å². The third kappa shape index (κ3) is 9.80. The molecule has 4 aromatic carbocycles. The van der Waals surface area contributed by atoms with Gasteiger partial charge >= 0.3 is 0 Å². The summed E-state index contributed by atoms with van der Waals surface area (Å²) in [5.41, 5.74) is 3.29. The lowest BCUT2D eigenvalue weighted by atomic mass is 9.90. The second kappa shape index (κ2) is 19.0. The van der Waals surface area contributed by atoms with Crippen LogP contribution in [-0.2, 0) is 19.2 Å². The molecule has 0 radical (unpaired) electrons. The average Bonchev–Trinajstić information content (AvgIpc) is 3.94. The topological polar surface area (TPSA) is 168 Å². The zero-order valence-corrected chi connectivity index (χ0v) is 37.5. The van der Waals surface area contributed by atoms with Crippen molar-refractivity contribution in [1.82, 2.24) is 20.1 Å². The molecule has 14 nitrogen and oxygen atoms in total. The number of phenolic OH excluding ortho intramolecular Hbond substituents is 1. The molecule has 5 aromatic rings. The normalized spacial score (nSPS) is 21.6. The largest absolute Gasteiger partial charge is 0.506 e. The van der Waals surface area contributed by atoms with Gasteiger partial charge in [0.25, 0.3) is 0 Å². The highest BCUT2D eigenvalue weighted by Gasteiger charge is 2.56. The Morgan fingerprint density at radius 2 is 1.49 bits per heavy atom. The van der Waals surface area contributed by atoms with Crippen molar-refractivity contribution in [3.63, 3.8) is 0 Å². The number of halogens is 1. The number of piperidine rings is 2. The number of phenols is 1. The highest BCUT2D eigenvalue weighted by molar-refractivity contribution is 6.17. The molecule has 10 rings (SSSR count). The van der Waals surface area contributed by atoms with Gasteiger partial charge in [0, 0.05) is 86.4 Å². The first-order chi connectivity index (χ1) is 32.6. The Balaban J connectivity index is 0.652. The molecule has 1 aliphatic carbocycles. The number of nitrogens with one attached hydrogen (secondary N) is 4. The van der Waals surface area contributed by atoms with Crippen molar-refractivity contribution in [3.8, 4) is 17.2 Å². The summed E-state index contributed by atoms with van der Waals surface area (Å²) in [5.74, 6) is 0.0179. The van der Waals surface area contributed by atoms with Gasteiger partial charge in [0.2, 0.25) is 23.6 Å². The van der Waals surface area contributed by atoms with Crippen LogP contribution < -0.4 is 30.9 Å². The maximum Gasteiger partial charge on any atom is 0.240 e. The number of imide groups is 1. The van der Waals surface area contributed by atoms with Crippen LogP contribution in [0.4, 0.5) is 27.1 Å². The van der Waals surface area contributed by atoms with Gasteiger partial charge in [-0.15, -0.1) is 0 Å². The summed E-state index contributed by atoms with van der Waals surface area (Å²) in [5, 5.41) is 23.6. The number of carbonyl (C=O) groups excluding carboxylic acids is 4. The van der Waals surface area contributed by atoms with Crippen molar-refractivity contribution in [2.75, 3.05) is 66.7 Å². The molecule has 2 bridgehead atoms. The first-order valence-electron chi connectivity index (χ1n) is 23.8. The molecule has 15 heteroatoms. The van der Waals surface area contributed by atoms with Crippen molar-refractivity contribution in [1.29, 1.82) is 0 Å². The molecule has 67 heavy (non-hydrogen) atoms. The van der Waals surface area contributed by atoms with Crippen LogP contribution in [0.15, 0.2) is 97.2 Å². The number of amides is 4. The first-order valence-corrected chi connectivity index (χ1v) is 23.8. The molecule has 4 saturated heterocycles. The number of unbranched alkanes of at least 4 members (excludes halogenated alkanes) is 1. The molecule has 1 unspecified atom stereocenters. The van der Waals surface area contributed by atoms with Crippen LogP contribution >= 0.6 is 0 Å². The number of hydrogen-bond donors (Lipinski definition) is 5. The van der Waals surface area contributed by atoms with Crippen LogP contribution in [-0.4, -0.2) is 101 Å². The Hall–Kier alpha value is -6.58. The van der Waals surface area contributed by atoms with Crippen LogP contribution in [0.3, 0.4) is 0 Å². The Kier molecular flexibility index (Phi) is 12.5. The fraction of sp³-hybridized carbons (Fsp3) is 0.404. The van der Waals surface area contributed by atoms with Gasteiger partial charge < -0.3 is 30.7 Å². The molecule has 5 fully saturated rings. The summed E-state index contributed by atoms with van der Waals surface area (Å²) in [6, 6.07) is 27.1. The lowest BCUT2D eigenvalue weighted by molar-refractivity contribution is -0.134. The van der Waals surface area contributed by atoms with Crippen molar-refractivity contribution >= 4 is 57.3 Å². The number of nitrogens with zero attached hydrogens (tertiary/aromatic N) is 4. The van der Waals surface area contributed by atoms with Gasteiger partial charge in [-0.2, -0.15) is 0 Å². The fourth-order valence-corrected chi connectivity index (χ4v) is 10.5. The van der Waals surface area contributed by atoms with Gasteiger partial charge in [-0.25, -0.2) is 4.39 Å². The number of anilines is 4. The summed E-state index contributed by atoms with van der Waals surface area (Å²) < 4.78 is 19.6. The molecule has 4 amide bonds. The SMILES string of the molecule is O=C1CCC(c2ccc(NCCCCN3C[C@@H]4C[C@H]3CN4CC3CCN(c4cc5nccc(Oc6ccc(NC(=O)C7(C(=O)Nc8ccc(F)cc8)CC7)cc6)c5cc4O)CC3)cc2)C(=O)N1. The van der Waals surface area contributed by atoms with E-state index >= 15 is 0 Å². The van der Waals surface area contributed by atoms with E-state index < -0.39 is 23.0 Å². The third-order valence-electron chi connectivity index (χ3n) is 14.5. The number of piperazine rings is 1. The van der Waals surface area contributed by atoms with Gasteiger partial charge in [-0.3, -0.25) is 39.3 Å². The van der Waals surface area contributed by atoms with Gasteiger partial charge in [0.1, 0.15) is 28.5 Å². The minimum atomic E-state index is -1.17. The van der Waals surface area contributed by atoms with Crippen LogP contribution in [0.2, 0.25) is 0 Å². The van der Waals surface area contributed by atoms with E-state index in [2.05, 4.69) is 41.0 Å². The van der Waals surface area contributed by atoms with Gasteiger partial charge in [0.15, 0.2) is 0 Å². The van der Waals surface area contributed by atoms with Crippen molar-refractivity contribution in [2.24, 2.45) is 11.3 Å². The number of likely N-dealkylation sites (tertiary alicyclic amines) is 2. The van der Waals surface area contributed by atoms with Gasteiger partial charge in [-0.05, 0) is 148 Å². The molecule has 0 spiro atoms. The molecule has 5 aliphatic rings. The van der Waals surface area contributed by atoms with Crippen LogP contribution in [0.25, 0.3) is 10.9 Å². The third-order valence-corrected chi connectivity index (χ3v) is 14.5. The summed E-state index contributed by atoms with van der Waals surface area (Å²) in [6.07, 6.45) is 9.14. The molecule has 348 valence electrons. The summed E-state index contributed by atoms with van der Waals surface area (Å²) in [4.78, 5) is 62.2. The Labute approximate surface area is 389 Å². The first kappa shape index (κ1) is 44.3. The molecule has 5 N–H and O–H groups in total. The maximum absolute atomic E-state index is 13.3. The predicted octanol–water partition coefficient (Wildman–Crippen LogP) is 7.62. The van der Waals surface area contributed by atoms with Crippen molar-refractivity contribution < 1.29 is 33.4 Å². The van der Waals surface area contributed by atoms with E-state index in [1.165, 1.54) is 30.7 Å². The number of aromatic nitrogens is 1. The summed E-state index contributed by atoms with van der Waals surface area (Å²) in [6.45, 7) is 7.20. The van der Waals surface area contributed by atoms with E-state index in [9.17, 15) is 28.7 Å². The van der Waals surface area contributed by atoms with E-state index in [0.29, 0.717) is 71.9 Å². The monoisotopic (exact) mass is 908 g/mol. The molecule has 4 aliphatic heterocycles. The van der Waals surface area contributed by atoms with Crippen molar-refractivity contribution in [3.05, 3.63) is 109 Å². The predicted molar refractivity (Wildman–Crippen MR) is 255 cm³/mol. The second-order valence-corrected chi connectivity index (χ2v) is 19.0. The standard InChI is InChI=1S/C52H57FN8O6/c53-35-5-9-37(10-6-35)56-50(65)52(20-21-52)51(66)57-38-11-13-41(14-12-38)67-47-17-23-55-44-29-45(46(62)28-43(44)47)59-25-18-33(19-26-59)30-61-32-39-27-40(61)31-60(39)24-2-1-22-54-36-7-3-34(4-8-36)42-15-16-48(63)58-49(42)64/h3-14,17,23,28-29,33,39-40,42,54,62H,1-2,15-16,18-22,24-27,30-32H2,(H,56,65)(H,57,66)(H,58,63,64)/t39-,40-,42?/m0/s1. The summed E-state index contributed by atoms with van der Waals surface area (Å²) >= 11 is 0. The van der Waals surface area contributed by atoms with Crippen LogP contribution in [0.5, 0.6) is 17.2 Å².